The van der Waals surface area contributed by atoms with Gasteiger partial charge in [0.15, 0.2) is 6.61 Å². The van der Waals surface area contributed by atoms with Crippen LogP contribution in [0.15, 0.2) is 42.5 Å². The predicted molar refractivity (Wildman–Crippen MR) is 108 cm³/mol. The van der Waals surface area contributed by atoms with Crippen LogP contribution in [0.25, 0.3) is 0 Å². The molecule has 0 aromatic heterocycles. The lowest BCUT2D eigenvalue weighted by atomic mass is 10.1. The highest BCUT2D eigenvalue weighted by molar-refractivity contribution is 5.95. The van der Waals surface area contributed by atoms with Crippen LogP contribution in [0, 0.1) is 13.8 Å². The van der Waals surface area contributed by atoms with Crippen LogP contribution in [0.2, 0.25) is 0 Å². The summed E-state index contributed by atoms with van der Waals surface area (Å²) in [4.78, 5) is 35.0. The van der Waals surface area contributed by atoms with Gasteiger partial charge in [-0.2, -0.15) is 0 Å². The lowest BCUT2D eigenvalue weighted by Gasteiger charge is -2.12. The van der Waals surface area contributed by atoms with Gasteiger partial charge in [-0.1, -0.05) is 30.3 Å². The summed E-state index contributed by atoms with van der Waals surface area (Å²) in [6, 6.07) is 13.0. The number of rotatable bonds is 9. The van der Waals surface area contributed by atoms with Crippen molar-refractivity contribution in [2.24, 2.45) is 0 Å². The molecule has 148 valence electrons. The van der Waals surface area contributed by atoms with E-state index in [1.165, 1.54) is 0 Å². The standard InChI is InChI=1S/C22H26N2O4/c1-15-5-4-6-16(2)22(15)24-20(26)13-23-21(27)14-28-19-11-9-18(10-12-19)8-7-17(3)25/h4-6,9-12H,7-8,13-14H2,1-3H3,(H,23,27)(H,24,26). The lowest BCUT2D eigenvalue weighted by Crippen LogP contribution is -2.36. The molecule has 0 aliphatic heterocycles. The first-order valence-electron chi connectivity index (χ1n) is 9.19. The van der Waals surface area contributed by atoms with Gasteiger partial charge in [-0.3, -0.25) is 9.59 Å². The molecule has 0 spiro atoms. The first kappa shape index (κ1) is 21.2. The molecule has 0 saturated carbocycles. The second kappa shape index (κ2) is 10.3. The van der Waals surface area contributed by atoms with Crippen LogP contribution in [0.1, 0.15) is 30.0 Å². The maximum absolute atomic E-state index is 12.1. The monoisotopic (exact) mass is 382 g/mol. The van der Waals surface area contributed by atoms with E-state index in [9.17, 15) is 14.4 Å². The first-order valence-corrected chi connectivity index (χ1v) is 9.19. The quantitative estimate of drug-likeness (QED) is 0.698. The summed E-state index contributed by atoms with van der Waals surface area (Å²) in [5, 5.41) is 5.36. The molecule has 2 rings (SSSR count). The van der Waals surface area contributed by atoms with E-state index < -0.39 is 0 Å². The van der Waals surface area contributed by atoms with Gasteiger partial charge in [-0.15, -0.1) is 0 Å². The molecular weight excluding hydrogens is 356 g/mol. The number of anilines is 1. The topological polar surface area (TPSA) is 84.5 Å². The molecule has 2 aromatic rings. The van der Waals surface area contributed by atoms with Crippen molar-refractivity contribution in [1.29, 1.82) is 0 Å². The SMILES string of the molecule is CC(=O)CCc1ccc(OCC(=O)NCC(=O)Nc2c(C)cccc2C)cc1. The summed E-state index contributed by atoms with van der Waals surface area (Å²) < 4.78 is 5.43. The van der Waals surface area contributed by atoms with E-state index in [0.29, 0.717) is 18.6 Å². The highest BCUT2D eigenvalue weighted by Crippen LogP contribution is 2.19. The highest BCUT2D eigenvalue weighted by atomic mass is 16.5. The van der Waals surface area contributed by atoms with Crippen LogP contribution in [0.4, 0.5) is 5.69 Å². The molecular formula is C22H26N2O4. The van der Waals surface area contributed by atoms with Crippen molar-refractivity contribution in [3.05, 3.63) is 59.2 Å². The van der Waals surface area contributed by atoms with Gasteiger partial charge in [-0.25, -0.2) is 0 Å². The Balaban J connectivity index is 1.73. The van der Waals surface area contributed by atoms with Gasteiger partial charge < -0.3 is 20.2 Å². The summed E-state index contributed by atoms with van der Waals surface area (Å²) in [7, 11) is 0. The van der Waals surface area contributed by atoms with E-state index in [2.05, 4.69) is 10.6 Å². The van der Waals surface area contributed by atoms with Crippen LogP contribution in [0.3, 0.4) is 0 Å². The molecule has 0 atom stereocenters. The lowest BCUT2D eigenvalue weighted by molar-refractivity contribution is -0.125. The number of hydrogen-bond acceptors (Lipinski definition) is 4. The fraction of sp³-hybridized carbons (Fsp3) is 0.318. The predicted octanol–water partition coefficient (Wildman–Crippen LogP) is 2.96. The molecule has 0 aliphatic rings. The second-order valence-electron chi connectivity index (χ2n) is 6.73. The zero-order valence-corrected chi connectivity index (χ0v) is 16.5. The van der Waals surface area contributed by atoms with E-state index in [1.807, 2.05) is 44.2 Å². The van der Waals surface area contributed by atoms with E-state index in [0.717, 1.165) is 22.4 Å². The van der Waals surface area contributed by atoms with Gasteiger partial charge in [-0.05, 0) is 56.0 Å². The van der Waals surface area contributed by atoms with Crippen LogP contribution in [0.5, 0.6) is 5.75 Å². The number of amides is 2. The molecule has 0 aliphatic carbocycles. The molecule has 6 nitrogen and oxygen atoms in total. The number of carbonyl (C=O) groups is 3. The van der Waals surface area contributed by atoms with E-state index in [-0.39, 0.29) is 30.7 Å². The van der Waals surface area contributed by atoms with Gasteiger partial charge in [0.25, 0.3) is 5.91 Å². The minimum atomic E-state index is -0.377. The Labute approximate surface area is 165 Å². The normalized spacial score (nSPS) is 10.2. The van der Waals surface area contributed by atoms with Gasteiger partial charge in [0.2, 0.25) is 5.91 Å². The Bertz CT molecular complexity index is 824. The summed E-state index contributed by atoms with van der Waals surface area (Å²) in [5.41, 5.74) is 3.74. The van der Waals surface area contributed by atoms with Gasteiger partial charge >= 0.3 is 0 Å². The molecule has 0 unspecified atom stereocenters. The van der Waals surface area contributed by atoms with Crippen molar-refractivity contribution in [2.75, 3.05) is 18.5 Å². The Morgan fingerprint density at radius 1 is 0.929 bits per heavy atom. The number of benzene rings is 2. The fourth-order valence-corrected chi connectivity index (χ4v) is 2.65. The van der Waals surface area contributed by atoms with Crippen molar-refractivity contribution < 1.29 is 19.1 Å². The summed E-state index contributed by atoms with van der Waals surface area (Å²) in [5.74, 6) is 0.0400. The number of aryl methyl sites for hydroxylation is 3. The number of carbonyl (C=O) groups excluding carboxylic acids is 3. The summed E-state index contributed by atoms with van der Waals surface area (Å²) in [6.07, 6.45) is 1.19. The van der Waals surface area contributed by atoms with Gasteiger partial charge in [0.1, 0.15) is 11.5 Å². The summed E-state index contributed by atoms with van der Waals surface area (Å²) in [6.45, 7) is 5.10. The van der Waals surface area contributed by atoms with E-state index in [1.54, 1.807) is 19.1 Å². The van der Waals surface area contributed by atoms with Crippen LogP contribution < -0.4 is 15.4 Å². The van der Waals surface area contributed by atoms with E-state index in [4.69, 9.17) is 4.74 Å². The third kappa shape index (κ3) is 6.87. The maximum atomic E-state index is 12.1. The molecule has 2 aromatic carbocycles. The highest BCUT2D eigenvalue weighted by Gasteiger charge is 2.09. The molecule has 2 N–H and O–H groups in total. The maximum Gasteiger partial charge on any atom is 0.258 e. The third-order valence-corrected chi connectivity index (χ3v) is 4.25. The number of ketones is 1. The fourth-order valence-electron chi connectivity index (χ4n) is 2.65. The molecule has 0 bridgehead atoms. The number of ether oxygens (including phenoxy) is 1. The first-order chi connectivity index (χ1) is 13.3. The second-order valence-corrected chi connectivity index (χ2v) is 6.73. The van der Waals surface area contributed by atoms with Gasteiger partial charge in [0.05, 0.1) is 6.54 Å². The average molecular weight is 382 g/mol. The molecule has 0 heterocycles. The minimum Gasteiger partial charge on any atom is -0.484 e. The average Bonchev–Trinajstić information content (AvgIpc) is 2.67. The number of hydrogen-bond donors (Lipinski definition) is 2. The van der Waals surface area contributed by atoms with Crippen molar-refractivity contribution in [2.45, 2.75) is 33.6 Å². The Morgan fingerprint density at radius 3 is 2.18 bits per heavy atom. The zero-order chi connectivity index (χ0) is 20.5. The van der Waals surface area contributed by atoms with Crippen molar-refractivity contribution in [1.82, 2.24) is 5.32 Å². The molecule has 0 saturated heterocycles. The van der Waals surface area contributed by atoms with Crippen LogP contribution in [-0.4, -0.2) is 30.7 Å². The molecule has 2 amide bonds. The molecule has 0 radical (unpaired) electrons. The van der Waals surface area contributed by atoms with Crippen LogP contribution >= 0.6 is 0 Å². The molecule has 6 heteroatoms. The largest absolute Gasteiger partial charge is 0.484 e. The molecule has 28 heavy (non-hydrogen) atoms. The Kier molecular flexibility index (Phi) is 7.75. The van der Waals surface area contributed by atoms with Crippen LogP contribution in [-0.2, 0) is 20.8 Å². The number of Topliss-reactive ketones (excluding diaryl/α,β-unsaturated/α-hetero) is 1. The van der Waals surface area contributed by atoms with Crippen molar-refractivity contribution in [3.63, 3.8) is 0 Å². The van der Waals surface area contributed by atoms with Crippen molar-refractivity contribution in [3.8, 4) is 5.75 Å². The van der Waals surface area contributed by atoms with Gasteiger partial charge in [0, 0.05) is 12.1 Å². The smallest absolute Gasteiger partial charge is 0.258 e. The number of para-hydroxylation sites is 1. The third-order valence-electron chi connectivity index (χ3n) is 4.25. The number of nitrogens with one attached hydrogen (secondary N) is 2. The Morgan fingerprint density at radius 2 is 1.57 bits per heavy atom. The van der Waals surface area contributed by atoms with Crippen molar-refractivity contribution >= 4 is 23.3 Å². The zero-order valence-electron chi connectivity index (χ0n) is 16.5. The van der Waals surface area contributed by atoms with E-state index >= 15 is 0 Å². The Hall–Kier alpha value is -3.15. The summed E-state index contributed by atoms with van der Waals surface area (Å²) >= 11 is 0. The molecule has 0 fully saturated rings. The minimum absolute atomic E-state index is 0.125.